The van der Waals surface area contributed by atoms with Crippen molar-refractivity contribution < 1.29 is 8.42 Å². The van der Waals surface area contributed by atoms with Crippen molar-refractivity contribution in [3.63, 3.8) is 0 Å². The number of piperidine rings is 1. The molecule has 2 N–H and O–H groups in total. The fourth-order valence-electron chi connectivity index (χ4n) is 2.71. The maximum Gasteiger partial charge on any atom is 0.279 e. The number of hydrogen-bond donors (Lipinski definition) is 2. The van der Waals surface area contributed by atoms with E-state index in [4.69, 9.17) is 0 Å². The van der Waals surface area contributed by atoms with Gasteiger partial charge < -0.3 is 5.32 Å². The van der Waals surface area contributed by atoms with Crippen LogP contribution in [0.1, 0.15) is 59.8 Å². The van der Waals surface area contributed by atoms with E-state index in [-0.39, 0.29) is 6.04 Å². The van der Waals surface area contributed by atoms with Gasteiger partial charge in [0.05, 0.1) is 0 Å². The van der Waals surface area contributed by atoms with Crippen molar-refractivity contribution in [2.45, 2.75) is 71.9 Å². The van der Waals surface area contributed by atoms with Crippen LogP contribution >= 0.6 is 0 Å². The van der Waals surface area contributed by atoms with Gasteiger partial charge in [-0.25, -0.2) is 0 Å². The van der Waals surface area contributed by atoms with Crippen LogP contribution in [0.2, 0.25) is 0 Å². The van der Waals surface area contributed by atoms with Crippen molar-refractivity contribution in [2.24, 2.45) is 5.92 Å². The molecule has 2 atom stereocenters. The molecule has 0 spiro atoms. The van der Waals surface area contributed by atoms with Crippen LogP contribution < -0.4 is 10.0 Å². The predicted molar refractivity (Wildman–Crippen MR) is 88.5 cm³/mol. The molecule has 5 nitrogen and oxygen atoms in total. The molecule has 0 bridgehead atoms. The Morgan fingerprint density at radius 3 is 2.62 bits per heavy atom. The topological polar surface area (TPSA) is 61.4 Å². The van der Waals surface area contributed by atoms with Gasteiger partial charge in [0.15, 0.2) is 0 Å². The Morgan fingerprint density at radius 1 is 1.29 bits per heavy atom. The molecule has 1 fully saturated rings. The minimum absolute atomic E-state index is 0.0177. The maximum atomic E-state index is 12.4. The first kappa shape index (κ1) is 18.9. The maximum absolute atomic E-state index is 12.4. The van der Waals surface area contributed by atoms with Crippen LogP contribution in [0.4, 0.5) is 0 Å². The van der Waals surface area contributed by atoms with Crippen LogP contribution in [-0.4, -0.2) is 44.4 Å². The molecule has 1 rings (SSSR count). The molecule has 2 unspecified atom stereocenters. The Balaban J connectivity index is 2.49. The standard InChI is InChI=1S/C15H33N3O2S/c1-5-6-8-14(4)17-21(19,20)18-10-7-9-15(12-18)11-16-13(2)3/h13-17H,5-12H2,1-4H3. The van der Waals surface area contributed by atoms with Crippen molar-refractivity contribution in [1.82, 2.24) is 14.3 Å². The third kappa shape index (κ3) is 7.08. The first-order valence-electron chi connectivity index (χ1n) is 8.36. The van der Waals surface area contributed by atoms with E-state index in [1.807, 2.05) is 6.92 Å². The molecular formula is C15H33N3O2S. The van der Waals surface area contributed by atoms with Gasteiger partial charge in [0.25, 0.3) is 10.2 Å². The minimum atomic E-state index is -3.33. The summed E-state index contributed by atoms with van der Waals surface area (Å²) in [6.07, 6.45) is 5.12. The molecule has 1 heterocycles. The molecular weight excluding hydrogens is 286 g/mol. The van der Waals surface area contributed by atoms with Gasteiger partial charge in [-0.2, -0.15) is 17.4 Å². The van der Waals surface area contributed by atoms with Crippen LogP contribution in [0.15, 0.2) is 0 Å². The van der Waals surface area contributed by atoms with Gasteiger partial charge in [0.2, 0.25) is 0 Å². The number of hydrogen-bond acceptors (Lipinski definition) is 3. The van der Waals surface area contributed by atoms with E-state index in [0.717, 1.165) is 38.6 Å². The normalized spacial score (nSPS) is 22.6. The average molecular weight is 320 g/mol. The molecule has 0 aromatic heterocycles. The molecule has 0 aromatic rings. The SMILES string of the molecule is CCCCC(C)NS(=O)(=O)N1CCCC(CNC(C)C)C1. The predicted octanol–water partition coefficient (Wildman–Crippen LogP) is 2.11. The largest absolute Gasteiger partial charge is 0.314 e. The highest BCUT2D eigenvalue weighted by molar-refractivity contribution is 7.87. The lowest BCUT2D eigenvalue weighted by molar-refractivity contribution is 0.253. The smallest absolute Gasteiger partial charge is 0.279 e. The summed E-state index contributed by atoms with van der Waals surface area (Å²) in [5, 5.41) is 3.41. The summed E-state index contributed by atoms with van der Waals surface area (Å²) < 4.78 is 29.3. The van der Waals surface area contributed by atoms with Crippen molar-refractivity contribution >= 4 is 10.2 Å². The Morgan fingerprint density at radius 2 is 2.00 bits per heavy atom. The highest BCUT2D eigenvalue weighted by Crippen LogP contribution is 2.18. The van der Waals surface area contributed by atoms with E-state index in [9.17, 15) is 8.42 Å². The second-order valence-electron chi connectivity index (χ2n) is 6.60. The van der Waals surface area contributed by atoms with E-state index < -0.39 is 10.2 Å². The van der Waals surface area contributed by atoms with Crippen molar-refractivity contribution in [3.05, 3.63) is 0 Å². The van der Waals surface area contributed by atoms with Crippen LogP contribution in [0.5, 0.6) is 0 Å². The highest BCUT2D eigenvalue weighted by Gasteiger charge is 2.29. The summed E-state index contributed by atoms with van der Waals surface area (Å²) in [5.74, 6) is 0.420. The number of unbranched alkanes of at least 4 members (excludes halogenated alkanes) is 1. The quantitative estimate of drug-likeness (QED) is 0.684. The monoisotopic (exact) mass is 319 g/mol. The molecule has 126 valence electrons. The van der Waals surface area contributed by atoms with E-state index >= 15 is 0 Å². The van der Waals surface area contributed by atoms with E-state index in [1.165, 1.54) is 0 Å². The van der Waals surface area contributed by atoms with Crippen LogP contribution in [0.25, 0.3) is 0 Å². The molecule has 21 heavy (non-hydrogen) atoms. The fourth-order valence-corrected chi connectivity index (χ4v) is 4.26. The summed E-state index contributed by atoms with van der Waals surface area (Å²) in [5.41, 5.74) is 0. The van der Waals surface area contributed by atoms with Gasteiger partial charge >= 0.3 is 0 Å². The molecule has 0 aliphatic carbocycles. The molecule has 0 aromatic carbocycles. The lowest BCUT2D eigenvalue weighted by Crippen LogP contribution is -2.50. The molecule has 0 saturated carbocycles. The molecule has 1 aliphatic heterocycles. The van der Waals surface area contributed by atoms with Gasteiger partial charge in [0.1, 0.15) is 0 Å². The van der Waals surface area contributed by atoms with Gasteiger partial charge in [-0.05, 0) is 38.6 Å². The number of nitrogens with zero attached hydrogens (tertiary/aromatic N) is 1. The van der Waals surface area contributed by atoms with Gasteiger partial charge in [-0.1, -0.05) is 33.6 Å². The van der Waals surface area contributed by atoms with Gasteiger partial charge in [0, 0.05) is 25.2 Å². The van der Waals surface area contributed by atoms with E-state index in [0.29, 0.717) is 25.0 Å². The zero-order valence-electron chi connectivity index (χ0n) is 14.1. The Kier molecular flexibility index (Phi) is 8.16. The van der Waals surface area contributed by atoms with E-state index in [2.05, 4.69) is 30.8 Å². The van der Waals surface area contributed by atoms with Crippen molar-refractivity contribution in [3.8, 4) is 0 Å². The molecule has 6 heteroatoms. The first-order valence-corrected chi connectivity index (χ1v) is 9.80. The Bertz CT molecular complexity index is 384. The molecule has 0 radical (unpaired) electrons. The van der Waals surface area contributed by atoms with Crippen LogP contribution in [0, 0.1) is 5.92 Å². The molecule has 1 aliphatic rings. The summed E-state index contributed by atoms with van der Waals surface area (Å²) in [7, 11) is -3.33. The molecule has 1 saturated heterocycles. The second-order valence-corrected chi connectivity index (χ2v) is 8.30. The lowest BCUT2D eigenvalue weighted by Gasteiger charge is -2.33. The Labute approximate surface area is 131 Å². The third-order valence-electron chi connectivity index (χ3n) is 3.98. The zero-order chi connectivity index (χ0) is 15.9. The fraction of sp³-hybridized carbons (Fsp3) is 1.00. The van der Waals surface area contributed by atoms with Gasteiger partial charge in [-0.3, -0.25) is 0 Å². The number of nitrogens with one attached hydrogen (secondary N) is 2. The van der Waals surface area contributed by atoms with E-state index in [1.54, 1.807) is 4.31 Å². The van der Waals surface area contributed by atoms with Crippen molar-refractivity contribution in [1.29, 1.82) is 0 Å². The summed E-state index contributed by atoms with van der Waals surface area (Å²) in [4.78, 5) is 0. The summed E-state index contributed by atoms with van der Waals surface area (Å²) in [6, 6.07) is 0.466. The van der Waals surface area contributed by atoms with Gasteiger partial charge in [-0.15, -0.1) is 0 Å². The second kappa shape index (κ2) is 9.08. The zero-order valence-corrected chi connectivity index (χ0v) is 14.9. The summed E-state index contributed by atoms with van der Waals surface area (Å²) in [6.45, 7) is 10.5. The molecule has 0 amide bonds. The average Bonchev–Trinajstić information content (AvgIpc) is 2.43. The third-order valence-corrected chi connectivity index (χ3v) is 5.69. The van der Waals surface area contributed by atoms with Crippen molar-refractivity contribution in [2.75, 3.05) is 19.6 Å². The minimum Gasteiger partial charge on any atom is -0.314 e. The lowest BCUT2D eigenvalue weighted by atomic mass is 9.99. The van der Waals surface area contributed by atoms with Crippen LogP contribution in [-0.2, 0) is 10.2 Å². The number of rotatable bonds is 9. The first-order chi connectivity index (χ1) is 9.85. The summed E-state index contributed by atoms with van der Waals surface area (Å²) >= 11 is 0. The highest BCUT2D eigenvalue weighted by atomic mass is 32.2. The van der Waals surface area contributed by atoms with Crippen LogP contribution in [0.3, 0.4) is 0 Å². The Hall–Kier alpha value is -0.170.